The normalized spacial score (nSPS) is 12.6. The predicted octanol–water partition coefficient (Wildman–Crippen LogP) is 4.30. The maximum absolute atomic E-state index is 11.4. The first-order valence-corrected chi connectivity index (χ1v) is 8.12. The molecule has 1 amide bonds. The zero-order valence-corrected chi connectivity index (χ0v) is 14.9. The molecule has 2 N–H and O–H groups in total. The van der Waals surface area contributed by atoms with E-state index in [1.165, 1.54) is 0 Å². The molecular formula is C18H21IN2O. The summed E-state index contributed by atoms with van der Waals surface area (Å²) in [6.45, 7) is 13.9. The van der Waals surface area contributed by atoms with E-state index < -0.39 is 0 Å². The number of aromatic nitrogens is 1. The summed E-state index contributed by atoms with van der Waals surface area (Å²) in [5.41, 5.74) is 9.33. The quantitative estimate of drug-likeness (QED) is 0.389. The maximum Gasteiger partial charge on any atom is 0.232 e. The smallest absolute Gasteiger partial charge is 0.232 e. The Morgan fingerprint density at radius 2 is 1.77 bits per heavy atom. The van der Waals surface area contributed by atoms with Crippen LogP contribution in [0.4, 0.5) is 0 Å². The van der Waals surface area contributed by atoms with Gasteiger partial charge in [0, 0.05) is 29.1 Å². The van der Waals surface area contributed by atoms with Gasteiger partial charge in [-0.25, -0.2) is 0 Å². The van der Waals surface area contributed by atoms with Gasteiger partial charge in [0.2, 0.25) is 5.91 Å². The minimum Gasteiger partial charge on any atom is -0.369 e. The molecule has 0 aromatic carbocycles. The standard InChI is InChI=1S/C18H21IN2O/c1-5-9-11-17-14(8-4)13(7-3)16(10-6-2)21(17)12-15(19)18(20)22/h5-11,15H,1,3-4,12H2,2H3,(H2,20,22)/b10-6-,11-9-/t15-/m0/s1. The average Bonchev–Trinajstić information content (AvgIpc) is 2.77. The van der Waals surface area contributed by atoms with E-state index in [4.69, 9.17) is 5.73 Å². The Kier molecular flexibility index (Phi) is 7.11. The highest BCUT2D eigenvalue weighted by Crippen LogP contribution is 2.29. The van der Waals surface area contributed by atoms with Gasteiger partial charge in [-0.2, -0.15) is 0 Å². The van der Waals surface area contributed by atoms with Crippen LogP contribution in [0.3, 0.4) is 0 Å². The van der Waals surface area contributed by atoms with Crippen LogP contribution in [-0.2, 0) is 11.3 Å². The molecule has 0 unspecified atom stereocenters. The number of carbonyl (C=O) groups excluding carboxylic acids is 1. The van der Waals surface area contributed by atoms with Crippen molar-refractivity contribution in [2.45, 2.75) is 17.4 Å². The number of primary amides is 1. The average molecular weight is 408 g/mol. The van der Waals surface area contributed by atoms with Gasteiger partial charge in [-0.3, -0.25) is 4.79 Å². The van der Waals surface area contributed by atoms with Crippen LogP contribution in [-0.4, -0.2) is 14.4 Å². The highest BCUT2D eigenvalue weighted by molar-refractivity contribution is 14.1. The Balaban J connectivity index is 3.65. The van der Waals surface area contributed by atoms with E-state index in [0.29, 0.717) is 6.54 Å². The third-order valence-corrected chi connectivity index (χ3v) is 4.21. The third kappa shape index (κ3) is 3.88. The van der Waals surface area contributed by atoms with E-state index in [1.807, 2.05) is 31.2 Å². The van der Waals surface area contributed by atoms with Crippen molar-refractivity contribution in [1.82, 2.24) is 4.57 Å². The van der Waals surface area contributed by atoms with Crippen molar-refractivity contribution < 1.29 is 4.79 Å². The third-order valence-electron chi connectivity index (χ3n) is 3.20. The molecule has 0 aliphatic rings. The zero-order chi connectivity index (χ0) is 16.7. The number of hydrogen-bond acceptors (Lipinski definition) is 1. The molecule has 0 spiro atoms. The lowest BCUT2D eigenvalue weighted by Gasteiger charge is -2.13. The predicted molar refractivity (Wildman–Crippen MR) is 106 cm³/mol. The Morgan fingerprint density at radius 1 is 1.23 bits per heavy atom. The molecule has 22 heavy (non-hydrogen) atoms. The van der Waals surface area contributed by atoms with E-state index in [2.05, 4.69) is 46.9 Å². The van der Waals surface area contributed by atoms with Gasteiger partial charge in [0.05, 0.1) is 0 Å². The van der Waals surface area contributed by atoms with Crippen molar-refractivity contribution in [2.24, 2.45) is 5.73 Å². The number of hydrogen-bond donors (Lipinski definition) is 1. The van der Waals surface area contributed by atoms with Gasteiger partial charge in [-0.15, -0.1) is 0 Å². The number of nitrogens with zero attached hydrogens (tertiary/aromatic N) is 1. The number of amides is 1. The molecule has 1 aromatic heterocycles. The molecule has 3 nitrogen and oxygen atoms in total. The highest BCUT2D eigenvalue weighted by Gasteiger charge is 2.20. The van der Waals surface area contributed by atoms with Crippen LogP contribution >= 0.6 is 22.6 Å². The summed E-state index contributed by atoms with van der Waals surface area (Å²) in [5.74, 6) is -0.334. The maximum atomic E-state index is 11.4. The summed E-state index contributed by atoms with van der Waals surface area (Å²) in [6, 6.07) is 0. The van der Waals surface area contributed by atoms with Crippen LogP contribution in [0.25, 0.3) is 24.3 Å². The first-order valence-electron chi connectivity index (χ1n) is 6.88. The van der Waals surface area contributed by atoms with Crippen LogP contribution in [0.2, 0.25) is 0 Å². The number of allylic oxidation sites excluding steroid dienone is 3. The van der Waals surface area contributed by atoms with Gasteiger partial charge in [-0.1, -0.05) is 72.7 Å². The molecular weight excluding hydrogens is 387 g/mol. The summed E-state index contributed by atoms with van der Waals surface area (Å²) >= 11 is 2.06. The molecule has 1 heterocycles. The van der Waals surface area contributed by atoms with Crippen LogP contribution in [0.5, 0.6) is 0 Å². The van der Waals surface area contributed by atoms with E-state index in [9.17, 15) is 4.79 Å². The fraction of sp³-hybridized carbons (Fsp3) is 0.167. The first-order chi connectivity index (χ1) is 10.5. The van der Waals surface area contributed by atoms with Crippen LogP contribution in [0.1, 0.15) is 29.4 Å². The fourth-order valence-corrected chi connectivity index (χ4v) is 2.64. The van der Waals surface area contributed by atoms with Crippen LogP contribution < -0.4 is 5.73 Å². The Morgan fingerprint density at radius 3 is 2.18 bits per heavy atom. The molecule has 4 heteroatoms. The lowest BCUT2D eigenvalue weighted by molar-refractivity contribution is -0.117. The van der Waals surface area contributed by atoms with Crippen molar-refractivity contribution in [2.75, 3.05) is 0 Å². The SMILES string of the molecule is C=C/C=C\c1c(C=C)c(C=C)c(/C=C\C)n1C[C@H](I)C(N)=O. The summed E-state index contributed by atoms with van der Waals surface area (Å²) in [7, 11) is 0. The lowest BCUT2D eigenvalue weighted by Crippen LogP contribution is -2.28. The summed E-state index contributed by atoms with van der Waals surface area (Å²) in [4.78, 5) is 11.4. The van der Waals surface area contributed by atoms with Gasteiger partial charge >= 0.3 is 0 Å². The second-order valence-corrected chi connectivity index (χ2v) is 6.09. The molecule has 1 aromatic rings. The van der Waals surface area contributed by atoms with Gasteiger partial charge in [0.1, 0.15) is 3.92 Å². The van der Waals surface area contributed by atoms with Crippen molar-refractivity contribution in [3.05, 3.63) is 60.5 Å². The number of halogens is 1. The number of rotatable bonds is 8. The molecule has 1 rings (SSSR count). The number of carbonyl (C=O) groups is 1. The fourth-order valence-electron chi connectivity index (χ4n) is 2.25. The van der Waals surface area contributed by atoms with Gasteiger partial charge < -0.3 is 10.3 Å². The lowest BCUT2D eigenvalue weighted by atomic mass is 10.1. The van der Waals surface area contributed by atoms with Crippen molar-refractivity contribution >= 4 is 52.8 Å². The van der Waals surface area contributed by atoms with Crippen LogP contribution in [0.15, 0.2) is 38.0 Å². The summed E-state index contributed by atoms with van der Waals surface area (Å²) in [5, 5.41) is 0. The molecule has 0 saturated carbocycles. The summed E-state index contributed by atoms with van der Waals surface area (Å²) < 4.78 is 1.76. The van der Waals surface area contributed by atoms with Gasteiger partial charge in [0.15, 0.2) is 0 Å². The second kappa shape index (κ2) is 8.58. The van der Waals surface area contributed by atoms with Crippen molar-refractivity contribution in [1.29, 1.82) is 0 Å². The molecule has 1 atom stereocenters. The van der Waals surface area contributed by atoms with Gasteiger partial charge in [0.25, 0.3) is 0 Å². The molecule has 0 aliphatic carbocycles. The highest BCUT2D eigenvalue weighted by atomic mass is 127. The summed E-state index contributed by atoms with van der Waals surface area (Å²) in [6.07, 6.45) is 13.1. The number of alkyl halides is 1. The zero-order valence-electron chi connectivity index (χ0n) is 12.8. The second-order valence-electron chi connectivity index (χ2n) is 4.58. The minimum atomic E-state index is -0.334. The molecule has 0 bridgehead atoms. The Labute approximate surface area is 145 Å². The van der Waals surface area contributed by atoms with Crippen molar-refractivity contribution in [3.63, 3.8) is 0 Å². The van der Waals surface area contributed by atoms with E-state index in [1.54, 1.807) is 18.2 Å². The topological polar surface area (TPSA) is 48.0 Å². The monoisotopic (exact) mass is 408 g/mol. The van der Waals surface area contributed by atoms with E-state index in [-0.39, 0.29) is 9.83 Å². The largest absolute Gasteiger partial charge is 0.369 e. The van der Waals surface area contributed by atoms with E-state index >= 15 is 0 Å². The van der Waals surface area contributed by atoms with Crippen molar-refractivity contribution in [3.8, 4) is 0 Å². The molecule has 0 aliphatic heterocycles. The first kappa shape index (κ1) is 18.2. The Hall–Kier alpha value is -1.82. The van der Waals surface area contributed by atoms with E-state index in [0.717, 1.165) is 22.5 Å². The molecule has 116 valence electrons. The molecule has 0 radical (unpaired) electrons. The minimum absolute atomic E-state index is 0.305. The number of nitrogens with two attached hydrogens (primary N) is 1. The molecule has 0 saturated heterocycles. The molecule has 0 fully saturated rings. The van der Waals surface area contributed by atoms with Crippen LogP contribution in [0, 0.1) is 0 Å². The van der Waals surface area contributed by atoms with Gasteiger partial charge in [-0.05, 0) is 19.1 Å². The Bertz CT molecular complexity index is 651.